The van der Waals surface area contributed by atoms with Crippen LogP contribution in [0.5, 0.6) is 0 Å². The van der Waals surface area contributed by atoms with Crippen LogP contribution in [0, 0.1) is 12.8 Å². The first kappa shape index (κ1) is 18.9. The lowest BCUT2D eigenvalue weighted by Gasteiger charge is -2.33. The highest BCUT2D eigenvalue weighted by atomic mass is 32.2. The second kappa shape index (κ2) is 8.09. The molecule has 1 fully saturated rings. The van der Waals surface area contributed by atoms with E-state index in [1.54, 1.807) is 12.1 Å². The standard InChI is InChI=1S/C17H27N3O3S/c1-14(2)12-18-17(21)13-19-8-10-20(11-9-19)24(22,23)16-6-4-15(3)5-7-16/h4-7,14H,8-13H2,1-3H3,(H,18,21). The Morgan fingerprint density at radius 1 is 1.12 bits per heavy atom. The number of rotatable bonds is 6. The smallest absolute Gasteiger partial charge is 0.243 e. The number of nitrogens with zero attached hydrogens (tertiary/aromatic N) is 2. The summed E-state index contributed by atoms with van der Waals surface area (Å²) in [7, 11) is -3.45. The van der Waals surface area contributed by atoms with Crippen LogP contribution in [0.2, 0.25) is 0 Å². The Bertz CT molecular complexity index is 648. The number of hydrogen-bond acceptors (Lipinski definition) is 4. The minimum Gasteiger partial charge on any atom is -0.355 e. The molecule has 1 aliphatic heterocycles. The zero-order chi connectivity index (χ0) is 17.7. The van der Waals surface area contributed by atoms with Crippen molar-refractivity contribution in [2.45, 2.75) is 25.7 Å². The maximum Gasteiger partial charge on any atom is 0.243 e. The van der Waals surface area contributed by atoms with Gasteiger partial charge in [0, 0.05) is 32.7 Å². The summed E-state index contributed by atoms with van der Waals surface area (Å²) in [6.07, 6.45) is 0. The number of nitrogens with one attached hydrogen (secondary N) is 1. The molecule has 0 spiro atoms. The molecule has 0 atom stereocenters. The molecule has 6 nitrogen and oxygen atoms in total. The molecule has 0 bridgehead atoms. The van der Waals surface area contributed by atoms with Gasteiger partial charge in [-0.05, 0) is 25.0 Å². The van der Waals surface area contributed by atoms with E-state index in [2.05, 4.69) is 19.2 Å². The molecule has 0 aromatic heterocycles. The number of benzene rings is 1. The van der Waals surface area contributed by atoms with E-state index in [1.807, 2.05) is 24.0 Å². The van der Waals surface area contributed by atoms with E-state index < -0.39 is 10.0 Å². The third-order valence-corrected chi connectivity index (χ3v) is 5.98. The summed E-state index contributed by atoms with van der Waals surface area (Å²) in [6.45, 7) is 8.98. The first-order valence-corrected chi connectivity index (χ1v) is 9.79. The molecule has 0 aliphatic carbocycles. The van der Waals surface area contributed by atoms with E-state index in [-0.39, 0.29) is 5.91 Å². The van der Waals surface area contributed by atoms with E-state index in [9.17, 15) is 13.2 Å². The Labute approximate surface area is 144 Å². The lowest BCUT2D eigenvalue weighted by atomic mass is 10.2. The van der Waals surface area contributed by atoms with Crippen molar-refractivity contribution in [3.8, 4) is 0 Å². The number of amides is 1. The summed E-state index contributed by atoms with van der Waals surface area (Å²) in [4.78, 5) is 14.2. The van der Waals surface area contributed by atoms with Crippen LogP contribution >= 0.6 is 0 Å². The second-order valence-corrected chi connectivity index (χ2v) is 8.63. The van der Waals surface area contributed by atoms with E-state index in [1.165, 1.54) is 4.31 Å². The Morgan fingerprint density at radius 3 is 2.25 bits per heavy atom. The van der Waals surface area contributed by atoms with Crippen molar-refractivity contribution < 1.29 is 13.2 Å². The summed E-state index contributed by atoms with van der Waals surface area (Å²) in [5.41, 5.74) is 1.03. The molecule has 2 rings (SSSR count). The molecule has 1 N–H and O–H groups in total. The molecule has 7 heteroatoms. The summed E-state index contributed by atoms with van der Waals surface area (Å²) in [5.74, 6) is 0.420. The van der Waals surface area contributed by atoms with E-state index in [0.29, 0.717) is 50.1 Å². The van der Waals surface area contributed by atoms with Crippen LogP contribution in [0.25, 0.3) is 0 Å². The van der Waals surface area contributed by atoms with Gasteiger partial charge in [0.2, 0.25) is 15.9 Å². The van der Waals surface area contributed by atoms with Crippen LogP contribution in [0.3, 0.4) is 0 Å². The third-order valence-electron chi connectivity index (χ3n) is 4.06. The van der Waals surface area contributed by atoms with Gasteiger partial charge in [-0.1, -0.05) is 31.5 Å². The highest BCUT2D eigenvalue weighted by Crippen LogP contribution is 2.18. The van der Waals surface area contributed by atoms with Crippen molar-refractivity contribution >= 4 is 15.9 Å². The zero-order valence-corrected chi connectivity index (χ0v) is 15.5. The maximum absolute atomic E-state index is 12.6. The monoisotopic (exact) mass is 353 g/mol. The number of carbonyl (C=O) groups excluding carboxylic acids is 1. The molecule has 134 valence electrons. The summed E-state index contributed by atoms with van der Waals surface area (Å²) < 4.78 is 26.8. The molecular formula is C17H27N3O3S. The van der Waals surface area contributed by atoms with E-state index >= 15 is 0 Å². The average molecular weight is 353 g/mol. The summed E-state index contributed by atoms with van der Waals surface area (Å²) in [5, 5.41) is 2.89. The van der Waals surface area contributed by atoms with E-state index in [0.717, 1.165) is 5.56 Å². The largest absolute Gasteiger partial charge is 0.355 e. The van der Waals surface area contributed by atoms with Gasteiger partial charge in [0.25, 0.3) is 0 Å². The number of piperazine rings is 1. The van der Waals surface area contributed by atoms with Gasteiger partial charge < -0.3 is 5.32 Å². The molecule has 1 aliphatic rings. The fourth-order valence-corrected chi connectivity index (χ4v) is 3.99. The van der Waals surface area contributed by atoms with Crippen molar-refractivity contribution in [2.24, 2.45) is 5.92 Å². The minimum absolute atomic E-state index is 0.00135. The fourth-order valence-electron chi connectivity index (χ4n) is 2.56. The Hall–Kier alpha value is -1.44. The third kappa shape index (κ3) is 5.03. The molecule has 0 unspecified atom stereocenters. The van der Waals surface area contributed by atoms with Gasteiger partial charge in [-0.25, -0.2) is 8.42 Å². The van der Waals surface area contributed by atoms with Gasteiger partial charge in [-0.3, -0.25) is 9.69 Å². The van der Waals surface area contributed by atoms with E-state index in [4.69, 9.17) is 0 Å². The number of carbonyl (C=O) groups is 1. The Balaban J connectivity index is 1.88. The number of hydrogen-bond donors (Lipinski definition) is 1. The van der Waals surface area contributed by atoms with Gasteiger partial charge >= 0.3 is 0 Å². The Morgan fingerprint density at radius 2 is 1.71 bits per heavy atom. The topological polar surface area (TPSA) is 69.7 Å². The highest BCUT2D eigenvalue weighted by Gasteiger charge is 2.28. The maximum atomic E-state index is 12.6. The fraction of sp³-hybridized carbons (Fsp3) is 0.588. The SMILES string of the molecule is Cc1ccc(S(=O)(=O)N2CCN(CC(=O)NCC(C)C)CC2)cc1. The molecule has 1 aromatic carbocycles. The molecular weight excluding hydrogens is 326 g/mol. The van der Waals surface area contributed by atoms with Crippen LogP contribution in [-0.4, -0.2) is 62.8 Å². The molecule has 0 saturated carbocycles. The first-order chi connectivity index (χ1) is 11.3. The quantitative estimate of drug-likeness (QED) is 0.831. The van der Waals surface area contributed by atoms with Crippen molar-refractivity contribution in [1.29, 1.82) is 0 Å². The van der Waals surface area contributed by atoms with Gasteiger partial charge in [0.15, 0.2) is 0 Å². The van der Waals surface area contributed by atoms with Crippen molar-refractivity contribution in [1.82, 2.24) is 14.5 Å². The molecule has 1 amide bonds. The molecule has 1 aromatic rings. The number of sulfonamides is 1. The van der Waals surface area contributed by atoms with Crippen LogP contribution in [-0.2, 0) is 14.8 Å². The summed E-state index contributed by atoms with van der Waals surface area (Å²) >= 11 is 0. The first-order valence-electron chi connectivity index (χ1n) is 8.35. The second-order valence-electron chi connectivity index (χ2n) is 6.69. The van der Waals surface area contributed by atoms with Crippen LogP contribution in [0.4, 0.5) is 0 Å². The molecule has 0 radical (unpaired) electrons. The Kier molecular flexibility index (Phi) is 6.37. The van der Waals surface area contributed by atoms with Crippen LogP contribution < -0.4 is 5.32 Å². The number of aryl methyl sites for hydroxylation is 1. The minimum atomic E-state index is -3.45. The predicted molar refractivity (Wildman–Crippen MR) is 94.2 cm³/mol. The predicted octanol–water partition coefficient (Wildman–Crippen LogP) is 1.07. The summed E-state index contributed by atoms with van der Waals surface area (Å²) in [6, 6.07) is 6.91. The molecule has 24 heavy (non-hydrogen) atoms. The van der Waals surface area contributed by atoms with Crippen LogP contribution in [0.15, 0.2) is 29.2 Å². The van der Waals surface area contributed by atoms with Crippen molar-refractivity contribution in [3.63, 3.8) is 0 Å². The normalized spacial score (nSPS) is 17.2. The molecule has 1 heterocycles. The van der Waals surface area contributed by atoms with Gasteiger partial charge in [-0.15, -0.1) is 0 Å². The average Bonchev–Trinajstić information content (AvgIpc) is 2.54. The van der Waals surface area contributed by atoms with Gasteiger partial charge in [0.1, 0.15) is 0 Å². The van der Waals surface area contributed by atoms with Crippen molar-refractivity contribution in [2.75, 3.05) is 39.3 Å². The highest BCUT2D eigenvalue weighted by molar-refractivity contribution is 7.89. The molecule has 1 saturated heterocycles. The lowest BCUT2D eigenvalue weighted by molar-refractivity contribution is -0.122. The zero-order valence-electron chi connectivity index (χ0n) is 14.7. The van der Waals surface area contributed by atoms with Crippen molar-refractivity contribution in [3.05, 3.63) is 29.8 Å². The van der Waals surface area contributed by atoms with Crippen LogP contribution in [0.1, 0.15) is 19.4 Å². The van der Waals surface area contributed by atoms with Gasteiger partial charge in [-0.2, -0.15) is 4.31 Å². The van der Waals surface area contributed by atoms with Gasteiger partial charge in [0.05, 0.1) is 11.4 Å². The lowest BCUT2D eigenvalue weighted by Crippen LogP contribution is -2.51.